The summed E-state index contributed by atoms with van der Waals surface area (Å²) >= 11 is -1.25. The lowest BCUT2D eigenvalue weighted by Gasteiger charge is -2.40. The maximum absolute atomic E-state index is 13.9. The first kappa shape index (κ1) is 41.0. The van der Waals surface area contributed by atoms with E-state index in [1.54, 1.807) is 11.0 Å². The number of nitrogens with zero attached hydrogens (tertiary/aromatic N) is 8. The Morgan fingerprint density at radius 1 is 0.790 bits per heavy atom. The van der Waals surface area contributed by atoms with Crippen molar-refractivity contribution in [1.29, 1.82) is 0 Å². The molecule has 4 saturated heterocycles. The molecule has 4 aromatic rings. The monoisotopic (exact) mass is 860 g/mol. The van der Waals surface area contributed by atoms with E-state index in [4.69, 9.17) is 4.98 Å². The van der Waals surface area contributed by atoms with Gasteiger partial charge in [0.2, 0.25) is 17.8 Å². The fourth-order valence-electron chi connectivity index (χ4n) is 10.6. The molecule has 2 unspecified atom stereocenters. The van der Waals surface area contributed by atoms with Crippen molar-refractivity contribution in [3.8, 4) is 0 Å². The van der Waals surface area contributed by atoms with Crippen molar-refractivity contribution >= 4 is 57.4 Å². The van der Waals surface area contributed by atoms with Crippen molar-refractivity contribution in [3.05, 3.63) is 82.3 Å². The van der Waals surface area contributed by atoms with Gasteiger partial charge in [-0.15, -0.1) is 4.31 Å². The average molecular weight is 861 g/mol. The van der Waals surface area contributed by atoms with Crippen LogP contribution in [-0.4, -0.2) is 122 Å². The maximum atomic E-state index is 13.9. The molecule has 10 rings (SSSR count). The third-order valence-electron chi connectivity index (χ3n) is 14.1. The van der Waals surface area contributed by atoms with Gasteiger partial charge < -0.3 is 24.6 Å². The Morgan fingerprint density at radius 3 is 2.32 bits per heavy atom. The Hall–Kier alpha value is -5.03. The summed E-state index contributed by atoms with van der Waals surface area (Å²) in [5.41, 5.74) is 4.56. The highest BCUT2D eigenvalue weighted by Crippen LogP contribution is 2.34. The summed E-state index contributed by atoms with van der Waals surface area (Å²) in [5.74, 6) is 0.383. The summed E-state index contributed by atoms with van der Waals surface area (Å²) in [4.78, 5) is 69.5. The summed E-state index contributed by atoms with van der Waals surface area (Å²) in [6.45, 7) is 8.68. The van der Waals surface area contributed by atoms with Gasteiger partial charge in [0.15, 0.2) is 4.90 Å². The van der Waals surface area contributed by atoms with Gasteiger partial charge in [0.25, 0.3) is 11.5 Å². The lowest BCUT2D eigenvalue weighted by atomic mass is 9.95. The predicted molar refractivity (Wildman–Crippen MR) is 238 cm³/mol. The van der Waals surface area contributed by atoms with Crippen molar-refractivity contribution in [2.24, 2.45) is 5.92 Å². The minimum Gasteiger partial charge on any atom is -0.593 e. The number of carbonyl (C=O) groups is 3. The van der Waals surface area contributed by atoms with Gasteiger partial charge in [-0.3, -0.25) is 34.0 Å². The van der Waals surface area contributed by atoms with E-state index < -0.39 is 17.4 Å². The van der Waals surface area contributed by atoms with E-state index in [0.717, 1.165) is 124 Å². The van der Waals surface area contributed by atoms with Gasteiger partial charge in [-0.1, -0.05) is 18.9 Å². The number of aromatic nitrogens is 3. The number of carbonyl (C=O) groups excluding carboxylic acids is 3. The number of hydrogen-bond acceptors (Lipinski definition) is 12. The highest BCUT2D eigenvalue weighted by atomic mass is 32.2. The van der Waals surface area contributed by atoms with Gasteiger partial charge in [0, 0.05) is 125 Å². The van der Waals surface area contributed by atoms with Gasteiger partial charge in [-0.2, -0.15) is 4.98 Å². The fraction of sp³-hybridized carbons (Fsp3) is 0.522. The van der Waals surface area contributed by atoms with Crippen LogP contribution in [0.15, 0.2) is 70.5 Å². The summed E-state index contributed by atoms with van der Waals surface area (Å²) in [6.07, 6.45) is 10.6. The highest BCUT2D eigenvalue weighted by molar-refractivity contribution is 7.89. The number of imide groups is 1. The standard InChI is InChI=1S/C46H56N10O5S/c57-41-12-11-40(44(59)49-41)55-30-33-26-37(9-10-39(33)45(55)60)52-18-14-31(15-19-52)29-51-22-24-53(25-23-51)36-6-3-7-38(27-36)62(61)54-20-16-34(17-21-54)48-46-47-28-32-8-13-42(58)56(43(32)50-46)35-4-1-2-5-35/h3,6-10,13,26-28,31,34-35,40H,1-2,4-5,11-12,14-25,29-30H2,(H,47,48,50)(H,49,57,59). The molecule has 2 N–H and O–H groups in total. The normalized spacial score (nSPS) is 23.0. The SMILES string of the molecule is O=C1CCC(N2Cc3cc(N4CCC(CN5CCN(c6cccc([S+]([O-])N7CCC(Nc8ncc9ccc(=O)n(C%10CCCC%10)c9n8)CC7)c6)CC5)CC4)ccc3C2=O)C(=O)N1. The van der Waals surface area contributed by atoms with Crippen molar-refractivity contribution < 1.29 is 18.9 Å². The van der Waals surface area contributed by atoms with Gasteiger partial charge in [0.1, 0.15) is 11.7 Å². The van der Waals surface area contributed by atoms with Crippen LogP contribution in [0.3, 0.4) is 0 Å². The summed E-state index contributed by atoms with van der Waals surface area (Å²) in [7, 11) is 0. The smallest absolute Gasteiger partial charge is 0.255 e. The molecule has 15 nitrogen and oxygen atoms in total. The Labute approximate surface area is 365 Å². The zero-order valence-electron chi connectivity index (χ0n) is 35.3. The van der Waals surface area contributed by atoms with Crippen LogP contribution in [0.5, 0.6) is 0 Å². The zero-order chi connectivity index (χ0) is 42.3. The first-order chi connectivity index (χ1) is 30.2. The van der Waals surface area contributed by atoms with Crippen LogP contribution < -0.4 is 26.0 Å². The Kier molecular flexibility index (Phi) is 11.7. The third-order valence-corrected chi connectivity index (χ3v) is 15.6. The lowest BCUT2D eigenvalue weighted by Crippen LogP contribution is -2.52. The number of hydrogen-bond donors (Lipinski definition) is 2. The molecule has 1 aliphatic carbocycles. The molecule has 326 valence electrons. The second-order valence-corrected chi connectivity index (χ2v) is 19.5. The fourth-order valence-corrected chi connectivity index (χ4v) is 11.9. The molecule has 3 amide bonds. The van der Waals surface area contributed by atoms with E-state index in [2.05, 4.69) is 52.8 Å². The van der Waals surface area contributed by atoms with E-state index in [0.29, 0.717) is 49.1 Å². The molecule has 0 radical (unpaired) electrons. The lowest BCUT2D eigenvalue weighted by molar-refractivity contribution is -0.136. The molecule has 0 bridgehead atoms. The van der Waals surface area contributed by atoms with E-state index in [1.165, 1.54) is 0 Å². The van der Waals surface area contributed by atoms with Gasteiger partial charge in [-0.05, 0) is 92.8 Å². The topological polar surface area (TPSA) is 162 Å². The number of anilines is 3. The van der Waals surface area contributed by atoms with Crippen molar-refractivity contribution in [1.82, 2.24) is 34.0 Å². The van der Waals surface area contributed by atoms with Gasteiger partial charge in [0.05, 0.1) is 11.4 Å². The second kappa shape index (κ2) is 17.6. The first-order valence-electron chi connectivity index (χ1n) is 22.7. The number of fused-ring (bicyclic) bond motifs is 2. The van der Waals surface area contributed by atoms with Crippen LogP contribution in [0, 0.1) is 5.92 Å². The molecule has 2 aromatic carbocycles. The molecule has 1 saturated carbocycles. The number of benzene rings is 2. The quantitative estimate of drug-likeness (QED) is 0.172. The summed E-state index contributed by atoms with van der Waals surface area (Å²) < 4.78 is 17.8. The molecule has 6 aliphatic rings. The van der Waals surface area contributed by atoms with Crippen LogP contribution in [0.4, 0.5) is 17.3 Å². The number of amides is 3. The number of piperidine rings is 3. The summed E-state index contributed by atoms with van der Waals surface area (Å²) in [5, 5.41) is 6.78. The van der Waals surface area contributed by atoms with E-state index in [1.807, 2.05) is 41.1 Å². The van der Waals surface area contributed by atoms with E-state index in [9.17, 15) is 23.7 Å². The number of piperazine rings is 1. The molecule has 0 spiro atoms. The molecule has 5 aliphatic heterocycles. The number of nitrogens with one attached hydrogen (secondary N) is 2. The minimum atomic E-state index is -1.25. The molecule has 62 heavy (non-hydrogen) atoms. The molecule has 7 heterocycles. The van der Waals surface area contributed by atoms with Crippen LogP contribution >= 0.6 is 0 Å². The maximum Gasteiger partial charge on any atom is 0.255 e. The van der Waals surface area contributed by atoms with Gasteiger partial charge in [-0.25, -0.2) is 4.98 Å². The van der Waals surface area contributed by atoms with Crippen LogP contribution in [0.25, 0.3) is 11.0 Å². The Morgan fingerprint density at radius 2 is 1.55 bits per heavy atom. The molecular formula is C46H56N10O5S. The minimum absolute atomic E-state index is 0.000319. The van der Waals surface area contributed by atoms with Crippen molar-refractivity contribution in [3.63, 3.8) is 0 Å². The largest absolute Gasteiger partial charge is 0.593 e. The van der Waals surface area contributed by atoms with E-state index >= 15 is 0 Å². The Balaban J connectivity index is 0.675. The van der Waals surface area contributed by atoms with Crippen molar-refractivity contribution in [2.45, 2.75) is 93.8 Å². The first-order valence-corrected chi connectivity index (χ1v) is 23.8. The van der Waals surface area contributed by atoms with Crippen LogP contribution in [0.2, 0.25) is 0 Å². The van der Waals surface area contributed by atoms with Crippen molar-refractivity contribution in [2.75, 3.05) is 74.0 Å². The number of pyridine rings is 1. The predicted octanol–water partition coefficient (Wildman–Crippen LogP) is 4.31. The second-order valence-electron chi connectivity index (χ2n) is 18.0. The molecular weight excluding hydrogens is 805 g/mol. The molecule has 5 fully saturated rings. The van der Waals surface area contributed by atoms with Gasteiger partial charge >= 0.3 is 0 Å². The average Bonchev–Trinajstić information content (AvgIpc) is 3.95. The van der Waals surface area contributed by atoms with Crippen LogP contribution in [0.1, 0.15) is 86.2 Å². The number of rotatable bonds is 10. The molecule has 2 atom stereocenters. The summed E-state index contributed by atoms with van der Waals surface area (Å²) in [6, 6.07) is 17.5. The zero-order valence-corrected chi connectivity index (χ0v) is 36.1. The van der Waals surface area contributed by atoms with E-state index in [-0.39, 0.29) is 41.8 Å². The van der Waals surface area contributed by atoms with Crippen LogP contribution in [-0.2, 0) is 27.5 Å². The molecule has 2 aromatic heterocycles. The third kappa shape index (κ3) is 8.41. The Bertz CT molecular complexity index is 2380. The highest BCUT2D eigenvalue weighted by Gasteiger charge is 2.39. The molecule has 16 heteroatoms.